The summed E-state index contributed by atoms with van der Waals surface area (Å²) in [5.74, 6) is -0.776. The van der Waals surface area contributed by atoms with E-state index in [1.54, 1.807) is 0 Å². The van der Waals surface area contributed by atoms with Gasteiger partial charge in [-0.3, -0.25) is 0 Å². The number of phenols is 1. The van der Waals surface area contributed by atoms with Crippen molar-refractivity contribution in [3.05, 3.63) is 27.4 Å². The summed E-state index contributed by atoms with van der Waals surface area (Å²) in [6.07, 6.45) is 0. The maximum absolute atomic E-state index is 12.5. The van der Waals surface area contributed by atoms with Gasteiger partial charge in [0.05, 0.1) is 5.02 Å². The summed E-state index contributed by atoms with van der Waals surface area (Å²) >= 11 is 8.38. The number of halogens is 3. The van der Waals surface area contributed by atoms with Crippen LogP contribution in [0.15, 0.2) is 16.6 Å². The fourth-order valence-corrected chi connectivity index (χ4v) is 1.08. The molecule has 54 valence electrons. The fourth-order valence-electron chi connectivity index (χ4n) is 0.542. The first-order chi connectivity index (χ1) is 4.61. The molecular formula is C6H3BrClFO. The van der Waals surface area contributed by atoms with Crippen molar-refractivity contribution in [3.63, 3.8) is 0 Å². The Morgan fingerprint density at radius 2 is 2.10 bits per heavy atom. The number of phenolic OH excluding ortho intramolecular Hbond substituents is 1. The van der Waals surface area contributed by atoms with Crippen molar-refractivity contribution < 1.29 is 9.50 Å². The highest BCUT2D eigenvalue weighted by Gasteiger charge is 2.04. The maximum atomic E-state index is 12.5. The van der Waals surface area contributed by atoms with Crippen LogP contribution in [0.25, 0.3) is 0 Å². The average molecular weight is 225 g/mol. The topological polar surface area (TPSA) is 20.2 Å². The molecule has 0 spiro atoms. The van der Waals surface area contributed by atoms with Gasteiger partial charge in [-0.15, -0.1) is 0 Å². The SMILES string of the molecule is Oc1cc(F)c(Cl)c(Br)c1. The molecule has 0 bridgehead atoms. The van der Waals surface area contributed by atoms with Gasteiger partial charge in [0, 0.05) is 10.5 Å². The molecule has 0 aliphatic heterocycles. The lowest BCUT2D eigenvalue weighted by Gasteiger charge is -1.97. The molecule has 4 heteroatoms. The van der Waals surface area contributed by atoms with Crippen LogP contribution in [-0.2, 0) is 0 Å². The summed E-state index contributed by atoms with van der Waals surface area (Å²) in [5, 5.41) is 8.77. The van der Waals surface area contributed by atoms with E-state index in [1.165, 1.54) is 6.07 Å². The highest BCUT2D eigenvalue weighted by Crippen LogP contribution is 2.29. The van der Waals surface area contributed by atoms with Crippen LogP contribution < -0.4 is 0 Å². The Kier molecular flexibility index (Phi) is 2.16. The third-order valence-electron chi connectivity index (χ3n) is 0.969. The van der Waals surface area contributed by atoms with Gasteiger partial charge in [-0.05, 0) is 22.0 Å². The van der Waals surface area contributed by atoms with Crippen LogP contribution in [0.2, 0.25) is 5.02 Å². The van der Waals surface area contributed by atoms with E-state index >= 15 is 0 Å². The number of hydrogen-bond acceptors (Lipinski definition) is 1. The summed E-state index contributed by atoms with van der Waals surface area (Å²) in [6, 6.07) is 2.28. The second-order valence-corrected chi connectivity index (χ2v) is 2.96. The van der Waals surface area contributed by atoms with Crippen molar-refractivity contribution in [1.29, 1.82) is 0 Å². The molecule has 0 unspecified atom stereocenters. The maximum Gasteiger partial charge on any atom is 0.146 e. The molecule has 1 rings (SSSR count). The van der Waals surface area contributed by atoms with Crippen LogP contribution in [-0.4, -0.2) is 5.11 Å². The van der Waals surface area contributed by atoms with Gasteiger partial charge in [0.15, 0.2) is 0 Å². The molecule has 0 amide bonds. The molecule has 0 fully saturated rings. The standard InChI is InChI=1S/C6H3BrClFO/c7-4-1-3(10)2-5(9)6(4)8/h1-2,10H. The van der Waals surface area contributed by atoms with Gasteiger partial charge in [0.1, 0.15) is 11.6 Å². The van der Waals surface area contributed by atoms with Crippen molar-refractivity contribution >= 4 is 27.5 Å². The number of aromatic hydroxyl groups is 1. The van der Waals surface area contributed by atoms with E-state index in [4.69, 9.17) is 16.7 Å². The molecular weight excluding hydrogens is 222 g/mol. The van der Waals surface area contributed by atoms with Crippen LogP contribution >= 0.6 is 27.5 Å². The third kappa shape index (κ3) is 1.41. The zero-order chi connectivity index (χ0) is 7.72. The zero-order valence-electron chi connectivity index (χ0n) is 4.74. The fraction of sp³-hybridized carbons (Fsp3) is 0. The van der Waals surface area contributed by atoms with Crippen molar-refractivity contribution in [1.82, 2.24) is 0 Å². The summed E-state index contributed by atoms with van der Waals surface area (Å²) in [4.78, 5) is 0. The number of benzene rings is 1. The molecule has 0 aromatic heterocycles. The average Bonchev–Trinajstić information content (AvgIpc) is 1.82. The molecule has 0 atom stereocenters. The van der Waals surface area contributed by atoms with Crippen LogP contribution in [0.4, 0.5) is 4.39 Å². The molecule has 1 N–H and O–H groups in total. The van der Waals surface area contributed by atoms with Crippen LogP contribution in [0.5, 0.6) is 5.75 Å². The molecule has 0 aliphatic carbocycles. The Morgan fingerprint density at radius 1 is 1.50 bits per heavy atom. The zero-order valence-corrected chi connectivity index (χ0v) is 7.08. The molecule has 0 heterocycles. The van der Waals surface area contributed by atoms with Crippen molar-refractivity contribution in [2.75, 3.05) is 0 Å². The van der Waals surface area contributed by atoms with E-state index in [9.17, 15) is 4.39 Å². The van der Waals surface area contributed by atoms with Crippen molar-refractivity contribution in [3.8, 4) is 5.75 Å². The van der Waals surface area contributed by atoms with Gasteiger partial charge in [-0.2, -0.15) is 0 Å². The van der Waals surface area contributed by atoms with Crippen LogP contribution in [0.1, 0.15) is 0 Å². The van der Waals surface area contributed by atoms with Gasteiger partial charge in [-0.25, -0.2) is 4.39 Å². The Morgan fingerprint density at radius 3 is 2.60 bits per heavy atom. The first-order valence-corrected chi connectivity index (χ1v) is 3.62. The van der Waals surface area contributed by atoms with Gasteiger partial charge in [0.2, 0.25) is 0 Å². The van der Waals surface area contributed by atoms with E-state index < -0.39 is 5.82 Å². The van der Waals surface area contributed by atoms with Gasteiger partial charge in [0.25, 0.3) is 0 Å². The smallest absolute Gasteiger partial charge is 0.146 e. The van der Waals surface area contributed by atoms with E-state index in [2.05, 4.69) is 15.9 Å². The van der Waals surface area contributed by atoms with Gasteiger partial charge >= 0.3 is 0 Å². The lowest BCUT2D eigenvalue weighted by Crippen LogP contribution is -1.77. The van der Waals surface area contributed by atoms with Crippen molar-refractivity contribution in [2.24, 2.45) is 0 Å². The first kappa shape index (κ1) is 7.82. The third-order valence-corrected chi connectivity index (χ3v) is 2.21. The van der Waals surface area contributed by atoms with Gasteiger partial charge in [-0.1, -0.05) is 11.6 Å². The lowest BCUT2D eigenvalue weighted by molar-refractivity contribution is 0.468. The highest BCUT2D eigenvalue weighted by molar-refractivity contribution is 9.10. The predicted molar refractivity (Wildman–Crippen MR) is 40.8 cm³/mol. The second-order valence-electron chi connectivity index (χ2n) is 1.72. The molecule has 0 saturated carbocycles. The van der Waals surface area contributed by atoms with E-state index in [1.807, 2.05) is 0 Å². The largest absolute Gasteiger partial charge is 0.508 e. The highest BCUT2D eigenvalue weighted by atomic mass is 79.9. The second kappa shape index (κ2) is 2.76. The Labute approximate surface area is 70.6 Å². The van der Waals surface area contributed by atoms with Crippen molar-refractivity contribution in [2.45, 2.75) is 0 Å². The Hall–Kier alpha value is -0.280. The minimum absolute atomic E-state index is 0.0159. The Balaban J connectivity index is 3.31. The van der Waals surface area contributed by atoms with Crippen LogP contribution in [0.3, 0.4) is 0 Å². The first-order valence-electron chi connectivity index (χ1n) is 2.45. The molecule has 10 heavy (non-hydrogen) atoms. The normalized spacial score (nSPS) is 9.90. The van der Waals surface area contributed by atoms with E-state index in [-0.39, 0.29) is 10.8 Å². The molecule has 1 nitrogen and oxygen atoms in total. The number of hydrogen-bond donors (Lipinski definition) is 1. The molecule has 0 saturated heterocycles. The monoisotopic (exact) mass is 224 g/mol. The van der Waals surface area contributed by atoms with E-state index in [0.717, 1.165) is 6.07 Å². The molecule has 0 aliphatic rings. The summed E-state index contributed by atoms with van der Waals surface area (Å²) in [7, 11) is 0. The minimum Gasteiger partial charge on any atom is -0.508 e. The lowest BCUT2D eigenvalue weighted by atomic mass is 10.3. The summed E-state index contributed by atoms with van der Waals surface area (Å²) in [6.45, 7) is 0. The summed E-state index contributed by atoms with van der Waals surface area (Å²) < 4.78 is 12.9. The predicted octanol–water partition coefficient (Wildman–Crippen LogP) is 2.95. The molecule has 1 aromatic carbocycles. The number of rotatable bonds is 0. The van der Waals surface area contributed by atoms with Gasteiger partial charge < -0.3 is 5.11 Å². The van der Waals surface area contributed by atoms with Crippen LogP contribution in [0, 0.1) is 5.82 Å². The molecule has 0 radical (unpaired) electrons. The summed E-state index contributed by atoms with van der Waals surface area (Å²) in [5.41, 5.74) is 0. The Bertz CT molecular complexity index is 241. The quantitative estimate of drug-likeness (QED) is 0.673. The van der Waals surface area contributed by atoms with E-state index in [0.29, 0.717) is 4.47 Å². The minimum atomic E-state index is -0.631. The molecule has 1 aromatic rings.